The average molecular weight is 418 g/mol. The first-order valence-electron chi connectivity index (χ1n) is 9.09. The van der Waals surface area contributed by atoms with Crippen LogP contribution < -0.4 is 0 Å². The smallest absolute Gasteiger partial charge is 0.258 e. The van der Waals surface area contributed by atoms with Gasteiger partial charge in [0.2, 0.25) is 0 Å². The highest BCUT2D eigenvalue weighted by Crippen LogP contribution is 2.46. The van der Waals surface area contributed by atoms with Gasteiger partial charge in [0, 0.05) is 29.3 Å². The number of aliphatic imine (C=N–C) groups is 1. The van der Waals surface area contributed by atoms with E-state index >= 15 is 0 Å². The highest BCUT2D eigenvalue weighted by molar-refractivity contribution is 6.27. The molecule has 10 nitrogen and oxygen atoms in total. The number of hydrogen-bond acceptors (Lipinski definition) is 7. The van der Waals surface area contributed by atoms with Crippen LogP contribution >= 0.6 is 0 Å². The zero-order chi connectivity index (χ0) is 22.4. The monoisotopic (exact) mass is 418 g/mol. The van der Waals surface area contributed by atoms with E-state index in [1.54, 1.807) is 12.1 Å². The van der Waals surface area contributed by atoms with Crippen molar-refractivity contribution >= 4 is 28.5 Å². The molecule has 0 unspecified atom stereocenters. The summed E-state index contributed by atoms with van der Waals surface area (Å²) in [6.07, 6.45) is 0. The second-order valence-corrected chi connectivity index (χ2v) is 7.19. The third kappa shape index (κ3) is 3.39. The van der Waals surface area contributed by atoms with Crippen molar-refractivity contribution in [2.75, 3.05) is 0 Å². The van der Waals surface area contributed by atoms with Crippen molar-refractivity contribution in [2.24, 2.45) is 4.99 Å². The predicted molar refractivity (Wildman–Crippen MR) is 113 cm³/mol. The molecule has 0 aliphatic heterocycles. The van der Waals surface area contributed by atoms with Gasteiger partial charge in [-0.25, -0.2) is 4.99 Å². The van der Waals surface area contributed by atoms with Crippen molar-refractivity contribution in [1.82, 2.24) is 0 Å². The predicted octanol–water partition coefficient (Wildman–Crippen LogP) is 5.18. The van der Waals surface area contributed by atoms with Gasteiger partial charge in [-0.1, -0.05) is 6.07 Å². The van der Waals surface area contributed by atoms with Crippen LogP contribution in [0.25, 0.3) is 11.1 Å². The number of hydrogen-bond donors (Lipinski definition) is 0. The first-order valence-corrected chi connectivity index (χ1v) is 9.09. The van der Waals surface area contributed by atoms with Gasteiger partial charge in [0.05, 0.1) is 37.8 Å². The van der Waals surface area contributed by atoms with Crippen molar-refractivity contribution in [3.8, 4) is 11.1 Å². The largest absolute Gasteiger partial charge is 0.284 e. The third-order valence-electron chi connectivity index (χ3n) is 4.95. The number of aryl methyl sites for hydroxylation is 2. The Hall–Kier alpha value is -4.47. The molecule has 0 atom stereocenters. The Morgan fingerprint density at radius 2 is 1.29 bits per heavy atom. The van der Waals surface area contributed by atoms with Crippen LogP contribution in [0.1, 0.15) is 22.3 Å². The maximum absolute atomic E-state index is 11.7. The fraction of sp³-hybridized carbons (Fsp3) is 0.0952. The summed E-state index contributed by atoms with van der Waals surface area (Å²) < 4.78 is 0. The number of nitro benzene ring substituents is 3. The Labute approximate surface area is 174 Å². The third-order valence-corrected chi connectivity index (χ3v) is 4.95. The molecule has 0 amide bonds. The summed E-state index contributed by atoms with van der Waals surface area (Å²) >= 11 is 0. The number of nitrogens with zero attached hydrogens (tertiary/aromatic N) is 4. The highest BCUT2D eigenvalue weighted by atomic mass is 16.6. The van der Waals surface area contributed by atoms with Crippen LogP contribution in [-0.2, 0) is 0 Å². The molecule has 0 N–H and O–H groups in total. The van der Waals surface area contributed by atoms with Crippen LogP contribution in [0.3, 0.4) is 0 Å². The van der Waals surface area contributed by atoms with E-state index in [1.807, 2.05) is 19.9 Å². The number of benzene rings is 3. The van der Waals surface area contributed by atoms with Crippen LogP contribution in [0, 0.1) is 44.2 Å². The minimum Gasteiger partial charge on any atom is -0.258 e. The van der Waals surface area contributed by atoms with Gasteiger partial charge in [0.15, 0.2) is 0 Å². The SMILES string of the molecule is Cc1cc(C)cc(/N=C2\c3cc([N+](=O)[O-])ccc3-c3c2cc([N+](=O)[O-])cc3[N+](=O)[O-])c1. The zero-order valence-electron chi connectivity index (χ0n) is 16.4. The molecule has 3 aromatic carbocycles. The molecule has 31 heavy (non-hydrogen) atoms. The fourth-order valence-electron chi connectivity index (χ4n) is 3.80. The molecule has 154 valence electrons. The van der Waals surface area contributed by atoms with Gasteiger partial charge in [-0.15, -0.1) is 0 Å². The molecule has 0 saturated carbocycles. The topological polar surface area (TPSA) is 142 Å². The lowest BCUT2D eigenvalue weighted by molar-refractivity contribution is -0.393. The first kappa shape index (κ1) is 19.8. The molecule has 1 aliphatic rings. The molecule has 0 heterocycles. The van der Waals surface area contributed by atoms with Crippen LogP contribution in [0.2, 0.25) is 0 Å². The molecule has 3 aromatic rings. The lowest BCUT2D eigenvalue weighted by Crippen LogP contribution is -2.01. The van der Waals surface area contributed by atoms with Gasteiger partial charge < -0.3 is 0 Å². The Kier molecular flexibility index (Phi) is 4.54. The lowest BCUT2D eigenvalue weighted by Gasteiger charge is -2.05. The molecule has 0 spiro atoms. The van der Waals surface area contributed by atoms with Crippen molar-refractivity contribution < 1.29 is 14.8 Å². The summed E-state index contributed by atoms with van der Waals surface area (Å²) in [7, 11) is 0. The molecule has 0 fully saturated rings. The Bertz CT molecular complexity index is 1330. The van der Waals surface area contributed by atoms with E-state index in [9.17, 15) is 30.3 Å². The summed E-state index contributed by atoms with van der Waals surface area (Å²) in [6, 6.07) is 11.6. The molecule has 10 heteroatoms. The van der Waals surface area contributed by atoms with Gasteiger partial charge in [-0.05, 0) is 48.7 Å². The van der Waals surface area contributed by atoms with E-state index in [0.29, 0.717) is 16.8 Å². The van der Waals surface area contributed by atoms with E-state index in [2.05, 4.69) is 4.99 Å². The van der Waals surface area contributed by atoms with Crippen molar-refractivity contribution in [3.05, 3.63) is 101 Å². The summed E-state index contributed by atoms with van der Waals surface area (Å²) in [5, 5.41) is 34.4. The lowest BCUT2D eigenvalue weighted by atomic mass is 10.0. The quantitative estimate of drug-likeness (QED) is 0.330. The Morgan fingerprint density at radius 1 is 0.677 bits per heavy atom. The van der Waals surface area contributed by atoms with E-state index in [-0.39, 0.29) is 22.5 Å². The maximum atomic E-state index is 11.7. The number of fused-ring (bicyclic) bond motifs is 3. The van der Waals surface area contributed by atoms with Gasteiger partial charge in [0.25, 0.3) is 17.1 Å². The molecule has 0 bridgehead atoms. The van der Waals surface area contributed by atoms with Crippen molar-refractivity contribution in [1.29, 1.82) is 0 Å². The van der Waals surface area contributed by atoms with E-state index in [1.165, 1.54) is 24.3 Å². The van der Waals surface area contributed by atoms with Crippen molar-refractivity contribution in [2.45, 2.75) is 13.8 Å². The highest BCUT2D eigenvalue weighted by Gasteiger charge is 2.35. The summed E-state index contributed by atoms with van der Waals surface area (Å²) in [5.41, 5.74) is 2.51. The van der Waals surface area contributed by atoms with Gasteiger partial charge in [-0.2, -0.15) is 0 Å². The van der Waals surface area contributed by atoms with E-state index < -0.39 is 26.1 Å². The van der Waals surface area contributed by atoms with E-state index in [4.69, 9.17) is 0 Å². The number of nitro groups is 3. The second-order valence-electron chi connectivity index (χ2n) is 7.19. The normalized spacial score (nSPS) is 13.0. The molecule has 0 aromatic heterocycles. The summed E-state index contributed by atoms with van der Waals surface area (Å²) in [4.78, 5) is 37.0. The molecule has 0 saturated heterocycles. The van der Waals surface area contributed by atoms with Gasteiger partial charge >= 0.3 is 0 Å². The summed E-state index contributed by atoms with van der Waals surface area (Å²) in [6.45, 7) is 3.77. The van der Waals surface area contributed by atoms with Gasteiger partial charge in [0.1, 0.15) is 0 Å². The molecule has 4 rings (SSSR count). The minimum atomic E-state index is -0.715. The maximum Gasteiger partial charge on any atom is 0.284 e. The second kappa shape index (κ2) is 7.10. The van der Waals surface area contributed by atoms with Crippen LogP contribution in [-0.4, -0.2) is 20.5 Å². The fourth-order valence-corrected chi connectivity index (χ4v) is 3.80. The standard InChI is InChI=1S/C21H14N4O6/c1-11-5-12(2)7-13(6-11)22-21-17-8-14(23(26)27)3-4-16(17)20-18(21)9-15(24(28)29)10-19(20)25(30)31/h3-10H,1-2H3/b22-21+. The molecular formula is C21H14N4O6. The average Bonchev–Trinajstić information content (AvgIpc) is 2.99. The molecule has 0 radical (unpaired) electrons. The first-order chi connectivity index (χ1) is 14.7. The Morgan fingerprint density at radius 3 is 1.87 bits per heavy atom. The Balaban J connectivity index is 2.09. The minimum absolute atomic E-state index is 0.156. The van der Waals surface area contributed by atoms with Gasteiger partial charge in [-0.3, -0.25) is 30.3 Å². The van der Waals surface area contributed by atoms with Crippen LogP contribution in [0.15, 0.2) is 53.5 Å². The summed E-state index contributed by atoms with van der Waals surface area (Å²) in [5.74, 6) is 0. The van der Waals surface area contributed by atoms with Crippen LogP contribution in [0.5, 0.6) is 0 Å². The van der Waals surface area contributed by atoms with Crippen molar-refractivity contribution in [3.63, 3.8) is 0 Å². The number of rotatable bonds is 4. The van der Waals surface area contributed by atoms with E-state index in [0.717, 1.165) is 17.2 Å². The van der Waals surface area contributed by atoms with Crippen LogP contribution in [0.4, 0.5) is 22.7 Å². The zero-order valence-corrected chi connectivity index (χ0v) is 16.4. The molecular weight excluding hydrogens is 404 g/mol. The molecule has 1 aliphatic carbocycles. The number of non-ortho nitro benzene ring substituents is 2.